The Morgan fingerprint density at radius 3 is 2.52 bits per heavy atom. The molecule has 2 aromatic carbocycles. The highest BCUT2D eigenvalue weighted by atomic mass is 32.2. The number of hydrogen-bond acceptors (Lipinski definition) is 7. The number of sulfonamides is 2. The van der Waals surface area contributed by atoms with Crippen LogP contribution in [0.3, 0.4) is 0 Å². The molecule has 156 valence electrons. The zero-order valence-electron chi connectivity index (χ0n) is 15.7. The van der Waals surface area contributed by atoms with E-state index in [9.17, 15) is 26.9 Å². The van der Waals surface area contributed by atoms with Gasteiger partial charge < -0.3 is 4.74 Å². The number of ether oxygens (including phenoxy) is 1. The molecule has 1 fully saturated rings. The van der Waals surface area contributed by atoms with Gasteiger partial charge in [0.2, 0.25) is 10.0 Å². The van der Waals surface area contributed by atoms with E-state index < -0.39 is 25.0 Å². The fourth-order valence-electron chi connectivity index (χ4n) is 3.05. The van der Waals surface area contributed by atoms with Crippen molar-refractivity contribution < 1.29 is 26.5 Å². The first-order chi connectivity index (χ1) is 13.5. The van der Waals surface area contributed by atoms with Crippen LogP contribution in [-0.2, 0) is 20.0 Å². The van der Waals surface area contributed by atoms with E-state index in [-0.39, 0.29) is 27.8 Å². The Labute approximate surface area is 168 Å². The number of non-ortho nitro benzene ring substituents is 1. The summed E-state index contributed by atoms with van der Waals surface area (Å²) in [5.41, 5.74) is 0.287. The molecule has 1 heterocycles. The van der Waals surface area contributed by atoms with Gasteiger partial charge in [-0.15, -0.1) is 0 Å². The van der Waals surface area contributed by atoms with Crippen LogP contribution in [0.15, 0.2) is 41.3 Å². The van der Waals surface area contributed by atoms with Crippen LogP contribution in [0.2, 0.25) is 0 Å². The average Bonchev–Trinajstić information content (AvgIpc) is 3.00. The third-order valence-corrected chi connectivity index (χ3v) is 7.86. The molecule has 1 saturated heterocycles. The molecule has 0 atom stereocenters. The lowest BCUT2D eigenvalue weighted by Crippen LogP contribution is -2.25. The van der Waals surface area contributed by atoms with Gasteiger partial charge >= 0.3 is 0 Å². The SMILES string of the molecule is COc1ccc(N2CCCS2(=O)=O)cc1NS(=O)(=O)c1cc([N+](=O)[O-])ccc1C. The normalized spacial score (nSPS) is 15.9. The van der Waals surface area contributed by atoms with Gasteiger partial charge in [0.25, 0.3) is 15.7 Å². The molecule has 12 heteroatoms. The van der Waals surface area contributed by atoms with Gasteiger partial charge in [0.05, 0.1) is 34.1 Å². The van der Waals surface area contributed by atoms with Crippen LogP contribution in [-0.4, -0.2) is 41.2 Å². The van der Waals surface area contributed by atoms with E-state index in [2.05, 4.69) is 4.72 Å². The van der Waals surface area contributed by atoms with E-state index in [4.69, 9.17) is 4.74 Å². The first-order valence-corrected chi connectivity index (χ1v) is 11.6. The maximum absolute atomic E-state index is 12.9. The maximum Gasteiger partial charge on any atom is 0.270 e. The number of aryl methyl sites for hydroxylation is 1. The van der Waals surface area contributed by atoms with Gasteiger partial charge in [0.1, 0.15) is 5.75 Å². The minimum Gasteiger partial charge on any atom is -0.495 e. The van der Waals surface area contributed by atoms with E-state index in [1.807, 2.05) is 0 Å². The second-order valence-electron chi connectivity index (χ2n) is 6.44. The van der Waals surface area contributed by atoms with E-state index >= 15 is 0 Å². The van der Waals surface area contributed by atoms with Crippen LogP contribution >= 0.6 is 0 Å². The molecule has 0 spiro atoms. The number of nitrogens with zero attached hydrogens (tertiary/aromatic N) is 2. The van der Waals surface area contributed by atoms with Crippen LogP contribution in [0.25, 0.3) is 0 Å². The lowest BCUT2D eigenvalue weighted by Gasteiger charge is -2.20. The zero-order chi connectivity index (χ0) is 21.4. The van der Waals surface area contributed by atoms with Gasteiger partial charge in [-0.05, 0) is 37.1 Å². The summed E-state index contributed by atoms with van der Waals surface area (Å²) >= 11 is 0. The van der Waals surface area contributed by atoms with E-state index in [1.54, 1.807) is 0 Å². The molecule has 0 radical (unpaired) electrons. The predicted octanol–water partition coefficient (Wildman–Crippen LogP) is 2.25. The topological polar surface area (TPSA) is 136 Å². The van der Waals surface area contributed by atoms with Gasteiger partial charge in [-0.25, -0.2) is 16.8 Å². The largest absolute Gasteiger partial charge is 0.495 e. The summed E-state index contributed by atoms with van der Waals surface area (Å²) < 4.78 is 58.9. The molecule has 1 N–H and O–H groups in total. The second kappa shape index (κ2) is 7.52. The van der Waals surface area contributed by atoms with E-state index in [1.165, 1.54) is 48.7 Å². The Bertz CT molecular complexity index is 1180. The van der Waals surface area contributed by atoms with E-state index in [0.717, 1.165) is 6.07 Å². The lowest BCUT2D eigenvalue weighted by atomic mass is 10.2. The summed E-state index contributed by atoms with van der Waals surface area (Å²) in [6.07, 6.45) is 0.475. The molecule has 0 bridgehead atoms. The summed E-state index contributed by atoms with van der Waals surface area (Å²) in [4.78, 5) is 10.1. The first kappa shape index (κ1) is 20.9. The number of nitro groups is 1. The molecule has 0 aliphatic carbocycles. The Hall–Kier alpha value is -2.86. The summed E-state index contributed by atoms with van der Waals surface area (Å²) in [6, 6.07) is 7.88. The molecule has 0 aromatic heterocycles. The van der Waals surface area contributed by atoms with Crippen LogP contribution < -0.4 is 13.8 Å². The monoisotopic (exact) mass is 441 g/mol. The Kier molecular flexibility index (Phi) is 5.41. The van der Waals surface area contributed by atoms with Gasteiger partial charge in [-0.2, -0.15) is 0 Å². The highest BCUT2D eigenvalue weighted by Crippen LogP contribution is 2.34. The highest BCUT2D eigenvalue weighted by Gasteiger charge is 2.29. The lowest BCUT2D eigenvalue weighted by molar-refractivity contribution is -0.385. The summed E-state index contributed by atoms with van der Waals surface area (Å²) in [5, 5.41) is 11.0. The molecule has 29 heavy (non-hydrogen) atoms. The molecule has 0 saturated carbocycles. The summed E-state index contributed by atoms with van der Waals surface area (Å²) in [6.45, 7) is 1.81. The van der Waals surface area contributed by atoms with Crippen LogP contribution in [0.5, 0.6) is 5.75 Å². The first-order valence-electron chi connectivity index (χ1n) is 8.51. The van der Waals surface area contributed by atoms with Crippen molar-refractivity contribution in [1.82, 2.24) is 0 Å². The Balaban J connectivity index is 2.04. The number of nitro benzene ring substituents is 1. The molecule has 1 aliphatic heterocycles. The number of methoxy groups -OCH3 is 1. The molecule has 10 nitrogen and oxygen atoms in total. The van der Waals surface area contributed by atoms with Crippen molar-refractivity contribution in [3.8, 4) is 5.75 Å². The molecule has 3 rings (SSSR count). The van der Waals surface area contributed by atoms with Gasteiger partial charge in [0.15, 0.2) is 0 Å². The van der Waals surface area contributed by atoms with Crippen molar-refractivity contribution in [2.45, 2.75) is 18.2 Å². The third kappa shape index (κ3) is 4.12. The van der Waals surface area contributed by atoms with Crippen LogP contribution in [0.1, 0.15) is 12.0 Å². The van der Waals surface area contributed by atoms with Crippen molar-refractivity contribution in [2.75, 3.05) is 28.4 Å². The quantitative estimate of drug-likeness (QED) is 0.536. The minimum absolute atomic E-state index is 0.0208. The van der Waals surface area contributed by atoms with E-state index in [0.29, 0.717) is 24.2 Å². The van der Waals surface area contributed by atoms with Crippen LogP contribution in [0.4, 0.5) is 17.1 Å². The van der Waals surface area contributed by atoms with Crippen LogP contribution in [0, 0.1) is 17.0 Å². The number of benzene rings is 2. The van der Waals surface area contributed by atoms with Gasteiger partial charge in [-0.1, -0.05) is 6.07 Å². The molecular weight excluding hydrogens is 422 g/mol. The second-order valence-corrected chi connectivity index (χ2v) is 10.1. The molecule has 1 aliphatic rings. The number of anilines is 2. The molecule has 2 aromatic rings. The third-order valence-electron chi connectivity index (χ3n) is 4.49. The number of rotatable bonds is 6. The standard InChI is InChI=1S/C17H19N3O7S2/c1-12-4-5-14(20(21)22)11-17(12)29(25,26)18-15-10-13(6-7-16(15)27-2)19-8-3-9-28(19,23)24/h4-7,10-11,18H,3,8-9H2,1-2H3. The number of nitrogens with one attached hydrogen (secondary N) is 1. The van der Waals surface area contributed by atoms with Crippen molar-refractivity contribution in [3.63, 3.8) is 0 Å². The molecular formula is C17H19N3O7S2. The fourth-order valence-corrected chi connectivity index (χ4v) is 5.94. The Morgan fingerprint density at radius 2 is 1.93 bits per heavy atom. The number of hydrogen-bond donors (Lipinski definition) is 1. The van der Waals surface area contributed by atoms with Gasteiger partial charge in [-0.3, -0.25) is 19.1 Å². The van der Waals surface area contributed by atoms with Gasteiger partial charge in [0, 0.05) is 18.7 Å². The maximum atomic E-state index is 12.9. The molecule has 0 unspecified atom stereocenters. The van der Waals surface area contributed by atoms with Crippen molar-refractivity contribution in [3.05, 3.63) is 52.1 Å². The molecule has 0 amide bonds. The fraction of sp³-hybridized carbons (Fsp3) is 0.294. The van der Waals surface area contributed by atoms with Crippen molar-refractivity contribution in [2.24, 2.45) is 0 Å². The average molecular weight is 441 g/mol. The summed E-state index contributed by atoms with van der Waals surface area (Å²) in [7, 11) is -6.31. The zero-order valence-corrected chi connectivity index (χ0v) is 17.3. The Morgan fingerprint density at radius 1 is 1.21 bits per heavy atom. The smallest absolute Gasteiger partial charge is 0.270 e. The summed E-state index contributed by atoms with van der Waals surface area (Å²) in [5.74, 6) is 0.199. The highest BCUT2D eigenvalue weighted by molar-refractivity contribution is 7.93. The predicted molar refractivity (Wildman–Crippen MR) is 107 cm³/mol. The van der Waals surface area contributed by atoms with Crippen molar-refractivity contribution >= 4 is 37.1 Å². The minimum atomic E-state index is -4.20. The van der Waals surface area contributed by atoms with Crippen molar-refractivity contribution in [1.29, 1.82) is 0 Å².